The molecule has 0 spiro atoms. The molecule has 0 aliphatic carbocycles. The van der Waals surface area contributed by atoms with Crippen LogP contribution in [-0.2, 0) is 17.8 Å². The van der Waals surface area contributed by atoms with E-state index in [1.807, 2.05) is 0 Å². The molecule has 130 valence electrons. The lowest BCUT2D eigenvalue weighted by atomic mass is 9.95. The Kier molecular flexibility index (Phi) is 7.73. The van der Waals surface area contributed by atoms with Gasteiger partial charge in [0.05, 0.1) is 12.7 Å². The van der Waals surface area contributed by atoms with Gasteiger partial charge in [-0.3, -0.25) is 0 Å². The van der Waals surface area contributed by atoms with Crippen LogP contribution in [0.25, 0.3) is 0 Å². The second kappa shape index (κ2) is 9.82. The molecule has 1 atom stereocenters. The fourth-order valence-electron chi connectivity index (χ4n) is 3.42. The number of aromatic hydroxyl groups is 2. The molecule has 0 unspecified atom stereocenters. The Balaban J connectivity index is 1.59. The van der Waals surface area contributed by atoms with Gasteiger partial charge in [0.1, 0.15) is 11.5 Å². The van der Waals surface area contributed by atoms with Crippen molar-refractivity contribution in [2.24, 2.45) is 0 Å². The monoisotopic (exact) mass is 320 g/mol. The molecule has 0 aromatic heterocycles. The van der Waals surface area contributed by atoms with E-state index in [2.05, 4.69) is 6.92 Å². The minimum atomic E-state index is 0.143. The summed E-state index contributed by atoms with van der Waals surface area (Å²) in [7, 11) is 0. The molecule has 1 heterocycles. The minimum Gasteiger partial charge on any atom is -0.508 e. The molecule has 0 saturated carbocycles. The molecule has 2 N–H and O–H groups in total. The van der Waals surface area contributed by atoms with Crippen LogP contribution in [0.5, 0.6) is 11.5 Å². The zero-order valence-corrected chi connectivity index (χ0v) is 14.5. The summed E-state index contributed by atoms with van der Waals surface area (Å²) in [6.45, 7) is 2.72. The highest BCUT2D eigenvalue weighted by Crippen LogP contribution is 2.33. The molecule has 1 aliphatic heterocycles. The first-order valence-corrected chi connectivity index (χ1v) is 9.36. The molecule has 1 aliphatic rings. The lowest BCUT2D eigenvalue weighted by Crippen LogP contribution is -2.22. The molecule has 0 amide bonds. The maximum absolute atomic E-state index is 9.83. The van der Waals surface area contributed by atoms with Crippen LogP contribution in [0.15, 0.2) is 12.1 Å². The first-order valence-electron chi connectivity index (χ1n) is 9.36. The van der Waals surface area contributed by atoms with Crippen LogP contribution in [0.4, 0.5) is 0 Å². The second-order valence-electron chi connectivity index (χ2n) is 6.86. The SMILES string of the molecule is CCCCCCCCCCC[C@@H]1Cc2cc(O)cc(O)c2CO1. The van der Waals surface area contributed by atoms with Crippen molar-refractivity contribution in [3.05, 3.63) is 23.3 Å². The van der Waals surface area contributed by atoms with Crippen molar-refractivity contribution in [2.45, 2.75) is 90.3 Å². The summed E-state index contributed by atoms with van der Waals surface area (Å²) >= 11 is 0. The number of hydrogen-bond donors (Lipinski definition) is 2. The van der Waals surface area contributed by atoms with E-state index in [4.69, 9.17) is 4.74 Å². The van der Waals surface area contributed by atoms with E-state index in [1.54, 1.807) is 6.07 Å². The Hall–Kier alpha value is -1.22. The van der Waals surface area contributed by atoms with Gasteiger partial charge in [-0.1, -0.05) is 64.7 Å². The number of phenolic OH excluding ortho intramolecular Hbond substituents is 2. The third-order valence-electron chi connectivity index (χ3n) is 4.84. The molecule has 0 bridgehead atoms. The van der Waals surface area contributed by atoms with Crippen LogP contribution >= 0.6 is 0 Å². The van der Waals surface area contributed by atoms with Crippen LogP contribution in [0.1, 0.15) is 82.3 Å². The van der Waals surface area contributed by atoms with Crippen molar-refractivity contribution in [3.8, 4) is 11.5 Å². The number of hydrogen-bond acceptors (Lipinski definition) is 3. The number of fused-ring (bicyclic) bond motifs is 1. The normalized spacial score (nSPS) is 17.2. The van der Waals surface area contributed by atoms with Crippen molar-refractivity contribution >= 4 is 0 Å². The lowest BCUT2D eigenvalue weighted by Gasteiger charge is -2.26. The van der Waals surface area contributed by atoms with Crippen molar-refractivity contribution in [2.75, 3.05) is 0 Å². The van der Waals surface area contributed by atoms with Gasteiger partial charge in [-0.15, -0.1) is 0 Å². The average Bonchev–Trinajstić information content (AvgIpc) is 2.53. The summed E-state index contributed by atoms with van der Waals surface area (Å²) in [6, 6.07) is 3.16. The lowest BCUT2D eigenvalue weighted by molar-refractivity contribution is 0.0204. The largest absolute Gasteiger partial charge is 0.508 e. The van der Waals surface area contributed by atoms with Gasteiger partial charge in [0, 0.05) is 11.6 Å². The van der Waals surface area contributed by atoms with Gasteiger partial charge < -0.3 is 14.9 Å². The number of ether oxygens (including phenoxy) is 1. The van der Waals surface area contributed by atoms with Crippen LogP contribution in [0.3, 0.4) is 0 Å². The third-order valence-corrected chi connectivity index (χ3v) is 4.84. The van der Waals surface area contributed by atoms with E-state index in [1.165, 1.54) is 63.9 Å². The van der Waals surface area contributed by atoms with Crippen LogP contribution in [0, 0.1) is 0 Å². The summed E-state index contributed by atoms with van der Waals surface area (Å²) in [5.41, 5.74) is 1.88. The van der Waals surface area contributed by atoms with Crippen molar-refractivity contribution in [1.82, 2.24) is 0 Å². The molecule has 0 saturated heterocycles. The van der Waals surface area contributed by atoms with Crippen LogP contribution < -0.4 is 0 Å². The van der Waals surface area contributed by atoms with E-state index in [0.717, 1.165) is 24.0 Å². The summed E-state index contributed by atoms with van der Waals surface area (Å²) in [6.07, 6.45) is 14.2. The predicted octanol–water partition coefficient (Wildman–Crippen LogP) is 5.46. The Labute approximate surface area is 140 Å². The number of phenols is 2. The summed E-state index contributed by atoms with van der Waals surface area (Å²) < 4.78 is 5.86. The molecule has 0 fully saturated rings. The smallest absolute Gasteiger partial charge is 0.125 e. The Morgan fingerprint density at radius 2 is 1.61 bits per heavy atom. The topological polar surface area (TPSA) is 49.7 Å². The molecule has 2 rings (SSSR count). The molecule has 3 nitrogen and oxygen atoms in total. The van der Waals surface area contributed by atoms with E-state index in [9.17, 15) is 10.2 Å². The highest BCUT2D eigenvalue weighted by atomic mass is 16.5. The maximum Gasteiger partial charge on any atom is 0.125 e. The zero-order chi connectivity index (χ0) is 16.5. The summed E-state index contributed by atoms with van der Waals surface area (Å²) in [5.74, 6) is 0.298. The zero-order valence-electron chi connectivity index (χ0n) is 14.5. The van der Waals surface area contributed by atoms with E-state index in [0.29, 0.717) is 6.61 Å². The van der Waals surface area contributed by atoms with E-state index < -0.39 is 0 Å². The number of rotatable bonds is 10. The van der Waals surface area contributed by atoms with Gasteiger partial charge in [0.15, 0.2) is 0 Å². The highest BCUT2D eigenvalue weighted by molar-refractivity contribution is 5.46. The molecular weight excluding hydrogens is 288 g/mol. The van der Waals surface area contributed by atoms with Gasteiger partial charge in [-0.2, -0.15) is 0 Å². The molecule has 1 aromatic carbocycles. The first-order chi connectivity index (χ1) is 11.2. The number of benzene rings is 1. The fraction of sp³-hybridized carbons (Fsp3) is 0.700. The quantitative estimate of drug-likeness (QED) is 0.563. The molecule has 3 heteroatoms. The van der Waals surface area contributed by atoms with E-state index >= 15 is 0 Å². The molecular formula is C20H32O3. The summed E-state index contributed by atoms with van der Waals surface area (Å²) in [5, 5.41) is 19.4. The molecule has 23 heavy (non-hydrogen) atoms. The maximum atomic E-state index is 9.83. The van der Waals surface area contributed by atoms with Crippen LogP contribution in [-0.4, -0.2) is 16.3 Å². The van der Waals surface area contributed by atoms with E-state index in [-0.39, 0.29) is 17.6 Å². The van der Waals surface area contributed by atoms with Gasteiger partial charge in [-0.05, 0) is 24.5 Å². The Morgan fingerprint density at radius 3 is 2.30 bits per heavy atom. The van der Waals surface area contributed by atoms with Gasteiger partial charge in [0.25, 0.3) is 0 Å². The number of unbranched alkanes of at least 4 members (excludes halogenated alkanes) is 8. The molecule has 0 radical (unpaired) electrons. The van der Waals surface area contributed by atoms with Gasteiger partial charge >= 0.3 is 0 Å². The minimum absolute atomic E-state index is 0.143. The van der Waals surface area contributed by atoms with Gasteiger partial charge in [0.2, 0.25) is 0 Å². The summed E-state index contributed by atoms with van der Waals surface area (Å²) in [4.78, 5) is 0. The Bertz CT molecular complexity index is 470. The average molecular weight is 320 g/mol. The standard InChI is InChI=1S/C20H32O3/c1-2-3-4-5-6-7-8-9-10-11-18-13-16-12-17(21)14-20(22)19(16)15-23-18/h12,14,18,21-22H,2-11,13,15H2,1H3/t18-/m1/s1. The molecule has 1 aromatic rings. The van der Waals surface area contributed by atoms with Crippen molar-refractivity contribution in [3.63, 3.8) is 0 Å². The van der Waals surface area contributed by atoms with Gasteiger partial charge in [-0.25, -0.2) is 0 Å². The fourth-order valence-corrected chi connectivity index (χ4v) is 3.42. The second-order valence-corrected chi connectivity index (χ2v) is 6.86. The highest BCUT2D eigenvalue weighted by Gasteiger charge is 2.21. The van der Waals surface area contributed by atoms with Crippen molar-refractivity contribution in [1.29, 1.82) is 0 Å². The third kappa shape index (κ3) is 6.06. The Morgan fingerprint density at radius 1 is 0.957 bits per heavy atom. The predicted molar refractivity (Wildman–Crippen MR) is 93.9 cm³/mol. The van der Waals surface area contributed by atoms with Crippen LogP contribution in [0.2, 0.25) is 0 Å². The first kappa shape index (κ1) is 18.1. The van der Waals surface area contributed by atoms with Crippen molar-refractivity contribution < 1.29 is 14.9 Å².